The van der Waals surface area contributed by atoms with E-state index in [1.165, 1.54) is 0 Å². The Morgan fingerprint density at radius 2 is 1.95 bits per heavy atom. The minimum Gasteiger partial charge on any atom is -0.492 e. The van der Waals surface area contributed by atoms with E-state index in [9.17, 15) is 4.79 Å². The highest BCUT2D eigenvalue weighted by Crippen LogP contribution is 2.26. The van der Waals surface area contributed by atoms with E-state index in [0.717, 1.165) is 0 Å². The molecule has 2 rings (SSSR count). The van der Waals surface area contributed by atoms with Crippen molar-refractivity contribution in [2.75, 3.05) is 18.5 Å². The first kappa shape index (κ1) is 15.8. The van der Waals surface area contributed by atoms with Gasteiger partial charge < -0.3 is 15.8 Å². The molecule has 0 radical (unpaired) electrons. The highest BCUT2D eigenvalue weighted by atomic mass is 79.9. The average molecular weight is 370 g/mol. The predicted molar refractivity (Wildman–Crippen MR) is 88.1 cm³/mol. The number of carbonyl (C=O) groups is 1. The van der Waals surface area contributed by atoms with Crippen molar-refractivity contribution in [3.63, 3.8) is 0 Å². The van der Waals surface area contributed by atoms with E-state index >= 15 is 0 Å². The topological polar surface area (TPSA) is 64.3 Å². The quantitative estimate of drug-likeness (QED) is 0.845. The van der Waals surface area contributed by atoms with Crippen molar-refractivity contribution in [3.05, 3.63) is 57.5 Å². The standard InChI is InChI=1S/C15H14BrClN2O2/c16-13-3-1-2-12(14(13)17)15(20)19-10-4-6-11(7-5-10)21-9-8-18/h1-7H,8-9,18H2,(H,19,20). The fourth-order valence-corrected chi connectivity index (χ4v) is 2.27. The van der Waals surface area contributed by atoms with Crippen LogP contribution in [0.3, 0.4) is 0 Å². The van der Waals surface area contributed by atoms with Gasteiger partial charge in [0.15, 0.2) is 0 Å². The maximum atomic E-state index is 12.2. The Morgan fingerprint density at radius 1 is 1.24 bits per heavy atom. The molecule has 0 saturated carbocycles. The second kappa shape index (κ2) is 7.45. The lowest BCUT2D eigenvalue weighted by molar-refractivity contribution is 0.102. The lowest BCUT2D eigenvalue weighted by Gasteiger charge is -2.09. The highest BCUT2D eigenvalue weighted by Gasteiger charge is 2.12. The van der Waals surface area contributed by atoms with Crippen LogP contribution in [-0.4, -0.2) is 19.1 Å². The highest BCUT2D eigenvalue weighted by molar-refractivity contribution is 9.10. The lowest BCUT2D eigenvalue weighted by Crippen LogP contribution is -2.13. The van der Waals surface area contributed by atoms with Crippen molar-refractivity contribution >= 4 is 39.1 Å². The van der Waals surface area contributed by atoms with E-state index < -0.39 is 0 Å². The minimum absolute atomic E-state index is 0.267. The second-order valence-corrected chi connectivity index (χ2v) is 5.45. The molecule has 0 unspecified atom stereocenters. The van der Waals surface area contributed by atoms with Gasteiger partial charge in [0.2, 0.25) is 0 Å². The van der Waals surface area contributed by atoms with Gasteiger partial charge in [-0.2, -0.15) is 0 Å². The first-order chi connectivity index (χ1) is 10.1. The lowest BCUT2D eigenvalue weighted by atomic mass is 10.2. The molecular formula is C15H14BrClN2O2. The molecule has 1 amide bonds. The van der Waals surface area contributed by atoms with Crippen LogP contribution in [-0.2, 0) is 0 Å². The number of halogens is 2. The SMILES string of the molecule is NCCOc1ccc(NC(=O)c2cccc(Br)c2Cl)cc1. The van der Waals surface area contributed by atoms with E-state index in [1.807, 2.05) is 0 Å². The number of anilines is 1. The van der Waals surface area contributed by atoms with Gasteiger partial charge in [0.1, 0.15) is 12.4 Å². The zero-order valence-corrected chi connectivity index (χ0v) is 13.4. The van der Waals surface area contributed by atoms with Crippen molar-refractivity contribution in [1.82, 2.24) is 0 Å². The van der Waals surface area contributed by atoms with Crippen molar-refractivity contribution in [3.8, 4) is 5.75 Å². The fraction of sp³-hybridized carbons (Fsp3) is 0.133. The van der Waals surface area contributed by atoms with Crippen LogP contribution in [0.4, 0.5) is 5.69 Å². The molecular weight excluding hydrogens is 356 g/mol. The molecule has 3 N–H and O–H groups in total. The Morgan fingerprint density at radius 3 is 2.62 bits per heavy atom. The van der Waals surface area contributed by atoms with Crippen molar-refractivity contribution < 1.29 is 9.53 Å². The zero-order valence-electron chi connectivity index (χ0n) is 11.1. The predicted octanol–water partition coefficient (Wildman–Crippen LogP) is 3.69. The molecule has 2 aromatic carbocycles. The van der Waals surface area contributed by atoms with E-state index in [-0.39, 0.29) is 5.91 Å². The monoisotopic (exact) mass is 368 g/mol. The molecule has 0 aromatic heterocycles. The van der Waals surface area contributed by atoms with Gasteiger partial charge in [-0.05, 0) is 52.3 Å². The summed E-state index contributed by atoms with van der Waals surface area (Å²) < 4.78 is 6.05. The third-order valence-corrected chi connectivity index (χ3v) is 3.99. The number of nitrogens with two attached hydrogens (primary N) is 1. The van der Waals surface area contributed by atoms with E-state index in [2.05, 4.69) is 21.2 Å². The molecule has 0 saturated heterocycles. The van der Waals surface area contributed by atoms with Gasteiger partial charge in [-0.15, -0.1) is 0 Å². The first-order valence-corrected chi connectivity index (χ1v) is 7.47. The Balaban J connectivity index is 2.07. The molecule has 0 bridgehead atoms. The van der Waals surface area contributed by atoms with Crippen LogP contribution in [0.25, 0.3) is 0 Å². The van der Waals surface area contributed by atoms with Crippen LogP contribution < -0.4 is 15.8 Å². The Bertz CT molecular complexity index is 632. The summed E-state index contributed by atoms with van der Waals surface area (Å²) >= 11 is 9.39. The molecule has 0 fully saturated rings. The van der Waals surface area contributed by atoms with Crippen LogP contribution in [0.15, 0.2) is 46.9 Å². The average Bonchev–Trinajstić information content (AvgIpc) is 2.49. The summed E-state index contributed by atoms with van der Waals surface area (Å²) in [5.41, 5.74) is 6.44. The van der Waals surface area contributed by atoms with Crippen LogP contribution in [0.5, 0.6) is 5.75 Å². The maximum absolute atomic E-state index is 12.2. The van der Waals surface area contributed by atoms with E-state index in [0.29, 0.717) is 39.6 Å². The summed E-state index contributed by atoms with van der Waals surface area (Å²) in [6.07, 6.45) is 0. The second-order valence-electron chi connectivity index (χ2n) is 4.22. The van der Waals surface area contributed by atoms with E-state index in [1.54, 1.807) is 42.5 Å². The normalized spacial score (nSPS) is 10.2. The summed E-state index contributed by atoms with van der Waals surface area (Å²) in [5, 5.41) is 3.17. The minimum atomic E-state index is -0.267. The number of carbonyl (C=O) groups excluding carboxylic acids is 1. The van der Waals surface area contributed by atoms with E-state index in [4.69, 9.17) is 22.1 Å². The van der Waals surface area contributed by atoms with Gasteiger partial charge in [0.05, 0.1) is 10.6 Å². The Hall–Kier alpha value is -1.56. The third-order valence-electron chi connectivity index (χ3n) is 2.69. The molecule has 2 aromatic rings. The molecule has 4 nitrogen and oxygen atoms in total. The summed E-state index contributed by atoms with van der Waals surface area (Å²) in [4.78, 5) is 12.2. The summed E-state index contributed by atoms with van der Waals surface area (Å²) in [5.74, 6) is 0.441. The number of hydrogen-bond donors (Lipinski definition) is 2. The van der Waals surface area contributed by atoms with Crippen LogP contribution in [0, 0.1) is 0 Å². The fourth-order valence-electron chi connectivity index (χ4n) is 1.69. The van der Waals surface area contributed by atoms with Crippen LogP contribution in [0.2, 0.25) is 5.02 Å². The molecule has 0 aliphatic rings. The van der Waals surface area contributed by atoms with Gasteiger partial charge in [-0.3, -0.25) is 4.79 Å². The maximum Gasteiger partial charge on any atom is 0.257 e. The van der Waals surface area contributed by atoms with Crippen molar-refractivity contribution in [2.45, 2.75) is 0 Å². The molecule has 0 aliphatic heterocycles. The number of nitrogens with one attached hydrogen (secondary N) is 1. The molecule has 6 heteroatoms. The molecule has 21 heavy (non-hydrogen) atoms. The van der Waals surface area contributed by atoms with Crippen LogP contribution >= 0.6 is 27.5 Å². The molecule has 0 spiro atoms. The number of rotatable bonds is 5. The Labute approximate surface area is 136 Å². The van der Waals surface area contributed by atoms with Gasteiger partial charge >= 0.3 is 0 Å². The summed E-state index contributed by atoms with van der Waals surface area (Å²) in [7, 11) is 0. The molecule has 0 heterocycles. The molecule has 0 aliphatic carbocycles. The summed E-state index contributed by atoms with van der Waals surface area (Å²) in [6.45, 7) is 0.916. The van der Waals surface area contributed by atoms with Gasteiger partial charge in [-0.1, -0.05) is 17.7 Å². The number of benzene rings is 2. The number of ether oxygens (including phenoxy) is 1. The third kappa shape index (κ3) is 4.20. The van der Waals surface area contributed by atoms with Gasteiger partial charge in [0, 0.05) is 16.7 Å². The number of amides is 1. The van der Waals surface area contributed by atoms with Crippen molar-refractivity contribution in [1.29, 1.82) is 0 Å². The summed E-state index contributed by atoms with van der Waals surface area (Å²) in [6, 6.07) is 12.3. The van der Waals surface area contributed by atoms with Crippen molar-refractivity contribution in [2.24, 2.45) is 5.73 Å². The number of hydrogen-bond acceptors (Lipinski definition) is 3. The largest absolute Gasteiger partial charge is 0.492 e. The van der Waals surface area contributed by atoms with Crippen LogP contribution in [0.1, 0.15) is 10.4 Å². The smallest absolute Gasteiger partial charge is 0.257 e. The van der Waals surface area contributed by atoms with Gasteiger partial charge in [-0.25, -0.2) is 0 Å². The Kier molecular flexibility index (Phi) is 5.61. The van der Waals surface area contributed by atoms with Gasteiger partial charge in [0.25, 0.3) is 5.91 Å². The zero-order chi connectivity index (χ0) is 15.2. The molecule has 110 valence electrons. The first-order valence-electron chi connectivity index (χ1n) is 6.30. The molecule has 0 atom stereocenters.